The summed E-state index contributed by atoms with van der Waals surface area (Å²) in [4.78, 5) is 16.4. The van der Waals surface area contributed by atoms with Gasteiger partial charge in [-0.3, -0.25) is 0 Å². The van der Waals surface area contributed by atoms with Gasteiger partial charge in [-0.2, -0.15) is 0 Å². The molecule has 4 aromatic rings. The lowest BCUT2D eigenvalue weighted by molar-refractivity contribution is 0.847. The van der Waals surface area contributed by atoms with E-state index in [0.717, 1.165) is 61.5 Å². The summed E-state index contributed by atoms with van der Waals surface area (Å²) in [5, 5.41) is 5.97. The number of benzene rings is 2. The number of halogens is 5. The van der Waals surface area contributed by atoms with Crippen LogP contribution in [0.2, 0.25) is 15.7 Å². The summed E-state index contributed by atoms with van der Waals surface area (Å²) in [6.07, 6.45) is 5.40. The van der Waals surface area contributed by atoms with Crippen molar-refractivity contribution in [3.8, 4) is 0 Å². The third-order valence-corrected chi connectivity index (χ3v) is 7.44. The molecule has 2 saturated carbocycles. The molecule has 6 nitrogen and oxygen atoms in total. The number of fused-ring (bicyclic) bond motifs is 2. The lowest BCUT2D eigenvalue weighted by atomic mass is 10.2. The molecule has 0 unspecified atom stereocenters. The number of rotatable bonds is 4. The standard InChI is InChI=1S/C12H11BrClN3.C8H3BrCl2N2.C4H9N/c13-9-3-1-2-8-10(9)16-12(14)17-11(8)15-6-7-4-5-7;9-5-3-1-2-4-6(5)12-8(11)13-7(4)10;5-3-4-1-2-4/h1-3,7H,4-6H2,(H,15,16,17);1-3H;4H,1-3,5H2. The number of anilines is 1. The SMILES string of the molecule is Clc1nc(Cl)c2cccc(Br)c2n1.Clc1nc(NCC2CC2)c2cccc(Br)c2n1.NCC1CC1. The number of hydrogen-bond acceptors (Lipinski definition) is 6. The first-order chi connectivity index (χ1) is 16.9. The molecule has 2 fully saturated rings. The largest absolute Gasteiger partial charge is 0.369 e. The van der Waals surface area contributed by atoms with Gasteiger partial charge >= 0.3 is 0 Å². The molecule has 6 rings (SSSR count). The van der Waals surface area contributed by atoms with Crippen molar-refractivity contribution >= 4 is 94.3 Å². The van der Waals surface area contributed by atoms with Gasteiger partial charge in [0.05, 0.1) is 11.0 Å². The molecule has 2 heterocycles. The van der Waals surface area contributed by atoms with Crippen molar-refractivity contribution < 1.29 is 0 Å². The summed E-state index contributed by atoms with van der Waals surface area (Å²) in [6, 6.07) is 11.5. The molecule has 2 aliphatic rings. The molecule has 0 amide bonds. The van der Waals surface area contributed by atoms with Gasteiger partial charge in [0.2, 0.25) is 10.6 Å². The Labute approximate surface area is 235 Å². The zero-order chi connectivity index (χ0) is 24.9. The minimum atomic E-state index is 0.157. The van der Waals surface area contributed by atoms with Gasteiger partial charge in [-0.15, -0.1) is 0 Å². The van der Waals surface area contributed by atoms with Gasteiger partial charge in [0, 0.05) is 26.3 Å². The van der Waals surface area contributed by atoms with Crippen molar-refractivity contribution in [2.24, 2.45) is 17.6 Å². The summed E-state index contributed by atoms with van der Waals surface area (Å²) in [5.74, 6) is 2.54. The van der Waals surface area contributed by atoms with Gasteiger partial charge in [0.25, 0.3) is 0 Å². The first kappa shape index (κ1) is 26.8. The normalized spacial score (nSPS) is 14.7. The topological polar surface area (TPSA) is 89.6 Å². The maximum Gasteiger partial charge on any atom is 0.224 e. The van der Waals surface area contributed by atoms with Crippen LogP contribution in [-0.2, 0) is 0 Å². The van der Waals surface area contributed by atoms with Crippen LogP contribution in [0.1, 0.15) is 25.7 Å². The number of nitrogens with two attached hydrogens (primary N) is 1. The molecule has 2 aliphatic carbocycles. The van der Waals surface area contributed by atoms with Crippen molar-refractivity contribution in [1.29, 1.82) is 0 Å². The van der Waals surface area contributed by atoms with E-state index in [2.05, 4.69) is 57.1 Å². The highest BCUT2D eigenvalue weighted by Crippen LogP contribution is 2.32. The minimum Gasteiger partial charge on any atom is -0.369 e. The van der Waals surface area contributed by atoms with E-state index in [1.54, 1.807) is 0 Å². The molecule has 0 radical (unpaired) electrons. The van der Waals surface area contributed by atoms with Gasteiger partial charge in [-0.25, -0.2) is 19.9 Å². The minimum absolute atomic E-state index is 0.157. The van der Waals surface area contributed by atoms with Crippen LogP contribution in [0.5, 0.6) is 0 Å². The van der Waals surface area contributed by atoms with E-state index in [9.17, 15) is 0 Å². The van der Waals surface area contributed by atoms with E-state index < -0.39 is 0 Å². The molecule has 11 heteroatoms. The third kappa shape index (κ3) is 7.60. The van der Waals surface area contributed by atoms with Crippen LogP contribution in [0.4, 0.5) is 5.82 Å². The van der Waals surface area contributed by atoms with Crippen LogP contribution in [0.3, 0.4) is 0 Å². The zero-order valence-corrected chi connectivity index (χ0v) is 24.1. The second-order valence-corrected chi connectivity index (χ2v) is 11.1. The van der Waals surface area contributed by atoms with Crippen LogP contribution in [0.25, 0.3) is 21.8 Å². The fourth-order valence-corrected chi connectivity index (χ4v) is 4.72. The number of nitrogens with one attached hydrogen (secondary N) is 1. The van der Waals surface area contributed by atoms with Gasteiger partial charge in [-0.05, 0) is 123 Å². The maximum absolute atomic E-state index is 5.94. The number of para-hydroxylation sites is 2. The Kier molecular flexibility index (Phi) is 9.41. The molecule has 0 bridgehead atoms. The molecule has 184 valence electrons. The summed E-state index contributed by atoms with van der Waals surface area (Å²) in [5.41, 5.74) is 6.82. The van der Waals surface area contributed by atoms with E-state index in [1.807, 2.05) is 36.4 Å². The van der Waals surface area contributed by atoms with Crippen molar-refractivity contribution in [3.05, 3.63) is 61.1 Å². The van der Waals surface area contributed by atoms with Crippen LogP contribution in [0, 0.1) is 11.8 Å². The fourth-order valence-electron chi connectivity index (χ4n) is 3.20. The second kappa shape index (κ2) is 12.3. The highest BCUT2D eigenvalue weighted by atomic mass is 79.9. The van der Waals surface area contributed by atoms with E-state index in [4.69, 9.17) is 40.5 Å². The van der Waals surface area contributed by atoms with Gasteiger partial charge < -0.3 is 11.1 Å². The highest BCUT2D eigenvalue weighted by molar-refractivity contribution is 9.11. The van der Waals surface area contributed by atoms with Crippen molar-refractivity contribution in [1.82, 2.24) is 19.9 Å². The Morgan fingerprint density at radius 2 is 1.31 bits per heavy atom. The Morgan fingerprint density at radius 1 is 0.771 bits per heavy atom. The first-order valence-electron chi connectivity index (χ1n) is 11.2. The highest BCUT2D eigenvalue weighted by Gasteiger charge is 2.21. The Balaban J connectivity index is 0.000000141. The molecule has 35 heavy (non-hydrogen) atoms. The average molecular weight is 662 g/mol. The Bertz CT molecular complexity index is 1330. The van der Waals surface area contributed by atoms with Crippen molar-refractivity contribution in [2.75, 3.05) is 18.4 Å². The quantitative estimate of drug-likeness (QED) is 0.171. The maximum atomic E-state index is 5.94. The predicted molar refractivity (Wildman–Crippen MR) is 152 cm³/mol. The molecule has 0 atom stereocenters. The Hall–Kier alpha value is -1.29. The number of hydrogen-bond donors (Lipinski definition) is 2. The molecule has 2 aromatic heterocycles. The molecular formula is C24H23Br2Cl3N6. The fraction of sp³-hybridized carbons (Fsp3) is 0.333. The predicted octanol–water partition coefficient (Wildman–Crippen LogP) is 7.92. The van der Waals surface area contributed by atoms with Gasteiger partial charge in [0.15, 0.2) is 0 Å². The van der Waals surface area contributed by atoms with Crippen LogP contribution < -0.4 is 11.1 Å². The average Bonchev–Trinajstić information content (AvgIpc) is 3.75. The molecular weight excluding hydrogens is 638 g/mol. The second-order valence-electron chi connectivity index (χ2n) is 8.40. The van der Waals surface area contributed by atoms with Crippen LogP contribution in [-0.4, -0.2) is 33.0 Å². The van der Waals surface area contributed by atoms with E-state index in [0.29, 0.717) is 5.15 Å². The molecule has 0 aliphatic heterocycles. The van der Waals surface area contributed by atoms with Gasteiger partial charge in [0.1, 0.15) is 11.0 Å². The van der Waals surface area contributed by atoms with E-state index >= 15 is 0 Å². The summed E-state index contributed by atoms with van der Waals surface area (Å²) < 4.78 is 1.80. The van der Waals surface area contributed by atoms with Crippen molar-refractivity contribution in [2.45, 2.75) is 25.7 Å². The summed E-state index contributed by atoms with van der Waals surface area (Å²) >= 11 is 24.3. The lowest BCUT2D eigenvalue weighted by Crippen LogP contribution is -2.06. The smallest absolute Gasteiger partial charge is 0.224 e. The summed E-state index contributed by atoms with van der Waals surface area (Å²) in [7, 11) is 0. The molecule has 0 spiro atoms. The lowest BCUT2D eigenvalue weighted by Gasteiger charge is -2.09. The van der Waals surface area contributed by atoms with E-state index in [-0.39, 0.29) is 10.6 Å². The number of nitrogens with zero attached hydrogens (tertiary/aromatic N) is 4. The molecule has 3 N–H and O–H groups in total. The number of aromatic nitrogens is 4. The van der Waals surface area contributed by atoms with E-state index in [1.165, 1.54) is 25.7 Å². The van der Waals surface area contributed by atoms with Gasteiger partial charge in [-0.1, -0.05) is 23.7 Å². The summed E-state index contributed by atoms with van der Waals surface area (Å²) in [6.45, 7) is 1.88. The molecule has 0 saturated heterocycles. The monoisotopic (exact) mass is 658 g/mol. The molecule has 2 aromatic carbocycles. The first-order valence-corrected chi connectivity index (χ1v) is 13.9. The zero-order valence-electron chi connectivity index (χ0n) is 18.6. The van der Waals surface area contributed by atoms with Crippen molar-refractivity contribution in [3.63, 3.8) is 0 Å². The van der Waals surface area contributed by atoms with Crippen LogP contribution in [0.15, 0.2) is 45.3 Å². The van der Waals surface area contributed by atoms with Crippen LogP contribution >= 0.6 is 66.7 Å². The Morgan fingerprint density at radius 3 is 1.86 bits per heavy atom. The third-order valence-electron chi connectivity index (χ3n) is 5.54.